The summed E-state index contributed by atoms with van der Waals surface area (Å²) in [5, 5.41) is 0. The largest absolute Gasteiger partial charge is 0.271 e. The van der Waals surface area contributed by atoms with Crippen LogP contribution in [0.1, 0.15) is 22.7 Å². The topological polar surface area (TPSA) is 50.9 Å². The van der Waals surface area contributed by atoms with E-state index in [9.17, 15) is 0 Å². The average molecular weight is 227 g/mol. The maximum Gasteiger partial charge on any atom is 0.0502 e. The Kier molecular flexibility index (Phi) is 3.85. The van der Waals surface area contributed by atoms with E-state index in [0.717, 1.165) is 6.42 Å². The molecule has 88 valence electrons. The van der Waals surface area contributed by atoms with E-state index in [0.29, 0.717) is 0 Å². The molecule has 0 saturated carbocycles. The second-order valence-electron chi connectivity index (χ2n) is 4.14. The molecule has 1 aromatic carbocycles. The molecule has 0 aliphatic heterocycles. The lowest BCUT2D eigenvalue weighted by atomic mass is 9.96. The third-order valence-corrected chi connectivity index (χ3v) is 2.95. The number of rotatable bonds is 4. The Morgan fingerprint density at radius 2 is 1.88 bits per heavy atom. The normalized spacial score (nSPS) is 12.4. The maximum atomic E-state index is 5.66. The number of nitrogens with zero attached hydrogens (tertiary/aromatic N) is 1. The first kappa shape index (κ1) is 11.8. The van der Waals surface area contributed by atoms with Crippen molar-refractivity contribution in [3.63, 3.8) is 0 Å². The van der Waals surface area contributed by atoms with Crippen LogP contribution < -0.4 is 11.3 Å². The van der Waals surface area contributed by atoms with E-state index in [-0.39, 0.29) is 6.04 Å². The molecule has 0 radical (unpaired) electrons. The van der Waals surface area contributed by atoms with Crippen LogP contribution in [0.2, 0.25) is 0 Å². The van der Waals surface area contributed by atoms with Crippen molar-refractivity contribution in [2.75, 3.05) is 0 Å². The van der Waals surface area contributed by atoms with Crippen molar-refractivity contribution in [2.24, 2.45) is 5.84 Å². The Labute approximate surface area is 102 Å². The molecule has 1 heterocycles. The minimum Gasteiger partial charge on any atom is -0.271 e. The summed E-state index contributed by atoms with van der Waals surface area (Å²) in [4.78, 5) is 4.02. The fourth-order valence-electron chi connectivity index (χ4n) is 1.99. The second kappa shape index (κ2) is 5.57. The highest BCUT2D eigenvalue weighted by atomic mass is 15.2. The number of pyridine rings is 1. The van der Waals surface area contributed by atoms with Gasteiger partial charge in [-0.1, -0.05) is 24.3 Å². The number of hydrogen-bond donors (Lipinski definition) is 2. The maximum absolute atomic E-state index is 5.66. The Hall–Kier alpha value is -1.71. The monoisotopic (exact) mass is 227 g/mol. The fourth-order valence-corrected chi connectivity index (χ4v) is 1.99. The van der Waals surface area contributed by atoms with E-state index in [4.69, 9.17) is 5.84 Å². The Balaban J connectivity index is 2.21. The van der Waals surface area contributed by atoms with E-state index in [1.165, 1.54) is 16.7 Å². The zero-order valence-electron chi connectivity index (χ0n) is 9.93. The van der Waals surface area contributed by atoms with Crippen LogP contribution in [0, 0.1) is 6.92 Å². The summed E-state index contributed by atoms with van der Waals surface area (Å²) < 4.78 is 0. The van der Waals surface area contributed by atoms with Crippen LogP contribution in [-0.4, -0.2) is 4.98 Å². The molecule has 1 unspecified atom stereocenters. The lowest BCUT2D eigenvalue weighted by Gasteiger charge is -2.18. The molecular weight excluding hydrogens is 210 g/mol. The summed E-state index contributed by atoms with van der Waals surface area (Å²) in [5.41, 5.74) is 6.61. The second-order valence-corrected chi connectivity index (χ2v) is 4.14. The van der Waals surface area contributed by atoms with Crippen LogP contribution in [0.25, 0.3) is 0 Å². The molecule has 3 heteroatoms. The van der Waals surface area contributed by atoms with Gasteiger partial charge in [0, 0.05) is 12.4 Å². The predicted octanol–water partition coefficient (Wildman–Crippen LogP) is 2.14. The molecule has 0 bridgehead atoms. The smallest absolute Gasteiger partial charge is 0.0502 e. The summed E-state index contributed by atoms with van der Waals surface area (Å²) >= 11 is 0. The number of benzene rings is 1. The van der Waals surface area contributed by atoms with Crippen LogP contribution in [0.4, 0.5) is 0 Å². The molecule has 17 heavy (non-hydrogen) atoms. The number of aromatic nitrogens is 1. The van der Waals surface area contributed by atoms with Gasteiger partial charge in [0.25, 0.3) is 0 Å². The van der Waals surface area contributed by atoms with E-state index in [2.05, 4.69) is 29.5 Å². The Morgan fingerprint density at radius 3 is 2.53 bits per heavy atom. The van der Waals surface area contributed by atoms with Gasteiger partial charge in [-0.2, -0.15) is 0 Å². The van der Waals surface area contributed by atoms with Crippen LogP contribution >= 0.6 is 0 Å². The average Bonchev–Trinajstić information content (AvgIpc) is 2.38. The first-order valence-electron chi connectivity index (χ1n) is 5.72. The molecule has 0 spiro atoms. The van der Waals surface area contributed by atoms with Crippen molar-refractivity contribution in [3.8, 4) is 0 Å². The van der Waals surface area contributed by atoms with Crippen LogP contribution in [0.3, 0.4) is 0 Å². The van der Waals surface area contributed by atoms with E-state index >= 15 is 0 Å². The zero-order valence-corrected chi connectivity index (χ0v) is 9.93. The van der Waals surface area contributed by atoms with Crippen molar-refractivity contribution in [1.29, 1.82) is 0 Å². The van der Waals surface area contributed by atoms with Crippen molar-refractivity contribution >= 4 is 0 Å². The summed E-state index contributed by atoms with van der Waals surface area (Å²) in [6, 6.07) is 12.5. The third-order valence-electron chi connectivity index (χ3n) is 2.95. The first-order chi connectivity index (χ1) is 8.31. The van der Waals surface area contributed by atoms with Gasteiger partial charge >= 0.3 is 0 Å². The molecule has 0 aliphatic carbocycles. The standard InChI is InChI=1S/C14H17N3/c1-11-4-2-3-5-13(11)14(17-15)10-12-6-8-16-9-7-12/h2-9,14,17H,10,15H2,1H3. The molecule has 3 N–H and O–H groups in total. The highest BCUT2D eigenvalue weighted by Gasteiger charge is 2.12. The third kappa shape index (κ3) is 2.90. The van der Waals surface area contributed by atoms with E-state index < -0.39 is 0 Å². The number of aryl methyl sites for hydroxylation is 1. The van der Waals surface area contributed by atoms with Gasteiger partial charge in [0.05, 0.1) is 6.04 Å². The van der Waals surface area contributed by atoms with Gasteiger partial charge in [0.2, 0.25) is 0 Å². The molecule has 1 aromatic heterocycles. The molecule has 1 atom stereocenters. The van der Waals surface area contributed by atoms with E-state index in [1.807, 2.05) is 24.3 Å². The Bertz CT molecular complexity index is 468. The van der Waals surface area contributed by atoms with Crippen molar-refractivity contribution in [2.45, 2.75) is 19.4 Å². The van der Waals surface area contributed by atoms with Gasteiger partial charge in [-0.25, -0.2) is 0 Å². The van der Waals surface area contributed by atoms with Gasteiger partial charge in [-0.3, -0.25) is 16.3 Å². The zero-order chi connectivity index (χ0) is 12.1. The molecular formula is C14H17N3. The highest BCUT2D eigenvalue weighted by molar-refractivity contribution is 5.30. The summed E-state index contributed by atoms with van der Waals surface area (Å²) in [6.45, 7) is 2.10. The quantitative estimate of drug-likeness (QED) is 0.621. The van der Waals surface area contributed by atoms with Crippen LogP contribution in [-0.2, 0) is 6.42 Å². The van der Waals surface area contributed by atoms with Gasteiger partial charge in [0.1, 0.15) is 0 Å². The molecule has 0 fully saturated rings. The number of hydrazine groups is 1. The predicted molar refractivity (Wildman–Crippen MR) is 69.2 cm³/mol. The van der Waals surface area contributed by atoms with Crippen LogP contribution in [0.15, 0.2) is 48.8 Å². The number of nitrogens with one attached hydrogen (secondary N) is 1. The Morgan fingerprint density at radius 1 is 1.18 bits per heavy atom. The number of nitrogens with two attached hydrogens (primary N) is 1. The van der Waals surface area contributed by atoms with Gasteiger partial charge < -0.3 is 0 Å². The van der Waals surface area contributed by atoms with Crippen molar-refractivity contribution in [1.82, 2.24) is 10.4 Å². The molecule has 2 rings (SSSR count). The number of hydrogen-bond acceptors (Lipinski definition) is 3. The first-order valence-corrected chi connectivity index (χ1v) is 5.72. The highest BCUT2D eigenvalue weighted by Crippen LogP contribution is 2.20. The lowest BCUT2D eigenvalue weighted by molar-refractivity contribution is 0.549. The SMILES string of the molecule is Cc1ccccc1C(Cc1ccncc1)NN. The van der Waals surface area contributed by atoms with Gasteiger partial charge in [-0.15, -0.1) is 0 Å². The summed E-state index contributed by atoms with van der Waals surface area (Å²) in [5.74, 6) is 5.66. The van der Waals surface area contributed by atoms with Crippen molar-refractivity contribution < 1.29 is 0 Å². The fraction of sp³-hybridized carbons (Fsp3) is 0.214. The van der Waals surface area contributed by atoms with E-state index in [1.54, 1.807) is 12.4 Å². The van der Waals surface area contributed by atoms with Crippen LogP contribution in [0.5, 0.6) is 0 Å². The van der Waals surface area contributed by atoms with Gasteiger partial charge in [-0.05, 0) is 42.2 Å². The minimum absolute atomic E-state index is 0.138. The van der Waals surface area contributed by atoms with Crippen molar-refractivity contribution in [3.05, 3.63) is 65.5 Å². The summed E-state index contributed by atoms with van der Waals surface area (Å²) in [7, 11) is 0. The molecule has 0 amide bonds. The molecule has 3 nitrogen and oxygen atoms in total. The lowest BCUT2D eigenvalue weighted by Crippen LogP contribution is -2.30. The minimum atomic E-state index is 0.138. The molecule has 0 saturated heterocycles. The summed E-state index contributed by atoms with van der Waals surface area (Å²) in [6.07, 6.45) is 4.48. The van der Waals surface area contributed by atoms with Gasteiger partial charge in [0.15, 0.2) is 0 Å². The molecule has 2 aromatic rings. The molecule has 0 aliphatic rings.